The third kappa shape index (κ3) is 2.93. The van der Waals surface area contributed by atoms with Crippen LogP contribution in [-0.2, 0) is 0 Å². The molecule has 0 radical (unpaired) electrons. The van der Waals surface area contributed by atoms with Crippen LogP contribution < -0.4 is 11.1 Å². The summed E-state index contributed by atoms with van der Waals surface area (Å²) >= 11 is 0. The normalized spacial score (nSPS) is 15.3. The second-order valence-corrected chi connectivity index (χ2v) is 7.41. The van der Waals surface area contributed by atoms with Crippen LogP contribution in [0.2, 0.25) is 0 Å². The summed E-state index contributed by atoms with van der Waals surface area (Å²) < 4.78 is 4.09. The van der Waals surface area contributed by atoms with Crippen LogP contribution in [0.15, 0.2) is 49.1 Å². The lowest BCUT2D eigenvalue weighted by atomic mass is 10.1. The van der Waals surface area contributed by atoms with Crippen LogP contribution in [0.5, 0.6) is 0 Å². The summed E-state index contributed by atoms with van der Waals surface area (Å²) in [6.07, 6.45) is 10.0. The molecule has 1 saturated heterocycles. The van der Waals surface area contributed by atoms with E-state index in [1.54, 1.807) is 6.20 Å². The van der Waals surface area contributed by atoms with E-state index >= 15 is 0 Å². The molecule has 7 heteroatoms. The fourth-order valence-corrected chi connectivity index (χ4v) is 3.89. The predicted molar refractivity (Wildman–Crippen MR) is 110 cm³/mol. The number of nitrogens with one attached hydrogen (secondary N) is 1. The van der Waals surface area contributed by atoms with E-state index in [1.807, 2.05) is 22.9 Å². The van der Waals surface area contributed by atoms with Crippen molar-refractivity contribution in [3.05, 3.63) is 54.6 Å². The number of hydrogen-bond acceptors (Lipinski definition) is 5. The first kappa shape index (κ1) is 16.9. The molecular formula is C21H23N7. The van der Waals surface area contributed by atoms with Crippen molar-refractivity contribution in [2.75, 3.05) is 18.8 Å². The first-order valence-electron chi connectivity index (χ1n) is 9.65. The van der Waals surface area contributed by atoms with Crippen LogP contribution in [0.4, 0.5) is 5.82 Å². The molecule has 0 bridgehead atoms. The molecule has 0 aliphatic carbocycles. The molecule has 0 unspecified atom stereocenters. The van der Waals surface area contributed by atoms with Crippen molar-refractivity contribution in [1.82, 2.24) is 29.5 Å². The Morgan fingerprint density at radius 3 is 2.79 bits per heavy atom. The zero-order valence-electron chi connectivity index (χ0n) is 15.8. The highest BCUT2D eigenvalue weighted by molar-refractivity contribution is 5.73. The van der Waals surface area contributed by atoms with Crippen LogP contribution in [0.25, 0.3) is 28.2 Å². The number of piperidine rings is 1. The summed E-state index contributed by atoms with van der Waals surface area (Å²) in [5.41, 5.74) is 11.9. The highest BCUT2D eigenvalue weighted by Gasteiger charge is 2.18. The smallest absolute Gasteiger partial charge is 0.180 e. The number of aromatic nitrogens is 5. The van der Waals surface area contributed by atoms with Gasteiger partial charge in [0.25, 0.3) is 0 Å². The Kier molecular flexibility index (Phi) is 4.09. The topological polar surface area (TPSA) is 86.1 Å². The number of aryl methyl sites for hydroxylation is 1. The molecular weight excluding hydrogens is 350 g/mol. The van der Waals surface area contributed by atoms with Crippen molar-refractivity contribution in [3.63, 3.8) is 0 Å². The van der Waals surface area contributed by atoms with Gasteiger partial charge >= 0.3 is 0 Å². The van der Waals surface area contributed by atoms with Crippen molar-refractivity contribution < 1.29 is 0 Å². The van der Waals surface area contributed by atoms with Gasteiger partial charge in [-0.25, -0.2) is 9.97 Å². The van der Waals surface area contributed by atoms with Crippen LogP contribution >= 0.6 is 0 Å². The molecule has 0 atom stereocenters. The van der Waals surface area contributed by atoms with Crippen LogP contribution in [-0.4, -0.2) is 37.2 Å². The Labute approximate surface area is 163 Å². The molecule has 4 aromatic rings. The summed E-state index contributed by atoms with van der Waals surface area (Å²) in [6, 6.07) is 8.80. The van der Waals surface area contributed by atoms with E-state index in [1.165, 1.54) is 5.56 Å². The molecule has 5 rings (SSSR count). The quantitative estimate of drug-likeness (QED) is 0.576. The van der Waals surface area contributed by atoms with E-state index in [0.717, 1.165) is 48.4 Å². The molecule has 1 aliphatic heterocycles. The van der Waals surface area contributed by atoms with E-state index < -0.39 is 0 Å². The zero-order chi connectivity index (χ0) is 19.1. The first-order chi connectivity index (χ1) is 13.7. The number of nitrogen functional groups attached to an aromatic ring is 1. The number of nitrogens with two attached hydrogens (primary N) is 1. The van der Waals surface area contributed by atoms with Gasteiger partial charge in [0, 0.05) is 23.5 Å². The van der Waals surface area contributed by atoms with Gasteiger partial charge in [-0.1, -0.05) is 23.8 Å². The number of nitrogens with zero attached hydrogens (tertiary/aromatic N) is 5. The Balaban J connectivity index is 1.57. The maximum atomic E-state index is 6.12. The van der Waals surface area contributed by atoms with Crippen molar-refractivity contribution >= 4 is 11.5 Å². The third-order valence-electron chi connectivity index (χ3n) is 5.41. The van der Waals surface area contributed by atoms with E-state index in [9.17, 15) is 0 Å². The van der Waals surface area contributed by atoms with Gasteiger partial charge in [-0.05, 0) is 38.9 Å². The van der Waals surface area contributed by atoms with Crippen LogP contribution in [0, 0.1) is 6.92 Å². The van der Waals surface area contributed by atoms with Crippen molar-refractivity contribution in [2.24, 2.45) is 0 Å². The van der Waals surface area contributed by atoms with E-state index in [4.69, 9.17) is 10.7 Å². The third-order valence-corrected chi connectivity index (χ3v) is 5.41. The minimum Gasteiger partial charge on any atom is -0.381 e. The maximum absolute atomic E-state index is 6.12. The molecule has 0 amide bonds. The fraction of sp³-hybridized carbons (Fsp3) is 0.286. The molecule has 1 aromatic carbocycles. The minimum absolute atomic E-state index is 0.424. The monoisotopic (exact) mass is 373 g/mol. The van der Waals surface area contributed by atoms with Crippen molar-refractivity contribution in [2.45, 2.75) is 25.8 Å². The molecule has 28 heavy (non-hydrogen) atoms. The lowest BCUT2D eigenvalue weighted by Crippen LogP contribution is -2.29. The second kappa shape index (κ2) is 6.76. The summed E-state index contributed by atoms with van der Waals surface area (Å²) in [6.45, 7) is 4.16. The molecule has 1 aliphatic rings. The molecule has 0 saturated carbocycles. The molecule has 4 heterocycles. The average Bonchev–Trinajstić information content (AvgIpc) is 3.37. The largest absolute Gasteiger partial charge is 0.381 e. The summed E-state index contributed by atoms with van der Waals surface area (Å²) in [5, 5.41) is 7.99. The molecule has 1 fully saturated rings. The Morgan fingerprint density at radius 2 is 1.96 bits per heavy atom. The molecule has 0 spiro atoms. The lowest BCUT2D eigenvalue weighted by molar-refractivity contribution is 0.343. The summed E-state index contributed by atoms with van der Waals surface area (Å²) in [5.74, 6) is 0.424. The number of fused-ring (bicyclic) bond motifs is 1. The second-order valence-electron chi connectivity index (χ2n) is 7.41. The highest BCUT2D eigenvalue weighted by Crippen LogP contribution is 2.28. The van der Waals surface area contributed by atoms with Gasteiger partial charge in [-0.3, -0.25) is 9.08 Å². The number of rotatable bonds is 3. The Bertz CT molecular complexity index is 1130. The first-order valence-corrected chi connectivity index (χ1v) is 9.65. The number of benzene rings is 1. The van der Waals surface area contributed by atoms with Gasteiger partial charge in [-0.15, -0.1) is 0 Å². The van der Waals surface area contributed by atoms with E-state index in [-0.39, 0.29) is 0 Å². The number of imidazole rings is 1. The summed E-state index contributed by atoms with van der Waals surface area (Å²) in [7, 11) is 0. The zero-order valence-corrected chi connectivity index (χ0v) is 15.8. The molecule has 142 valence electrons. The Hall–Kier alpha value is -3.19. The molecule has 3 aromatic heterocycles. The molecule has 3 N–H and O–H groups in total. The standard InChI is InChI=1S/C21H23N7/c1-14-3-2-4-15(9-14)19-11-24-20(22)21-26-18(13-27(19)21)16-10-25-28(12-16)17-5-7-23-8-6-17/h2-4,9-13,17,23H,5-8H2,1H3,(H2,22,24). The van der Waals surface area contributed by atoms with Gasteiger partial charge in [0.15, 0.2) is 11.5 Å². The predicted octanol–water partition coefficient (Wildman–Crippen LogP) is 3.07. The van der Waals surface area contributed by atoms with Gasteiger partial charge in [0.05, 0.1) is 29.8 Å². The van der Waals surface area contributed by atoms with Gasteiger partial charge < -0.3 is 11.1 Å². The van der Waals surface area contributed by atoms with E-state index in [0.29, 0.717) is 17.5 Å². The molecule has 7 nitrogen and oxygen atoms in total. The lowest BCUT2D eigenvalue weighted by Gasteiger charge is -2.22. The number of anilines is 1. The van der Waals surface area contributed by atoms with Crippen molar-refractivity contribution in [3.8, 4) is 22.5 Å². The Morgan fingerprint density at radius 1 is 1.11 bits per heavy atom. The average molecular weight is 373 g/mol. The van der Waals surface area contributed by atoms with Crippen LogP contribution in [0.1, 0.15) is 24.4 Å². The van der Waals surface area contributed by atoms with E-state index in [2.05, 4.69) is 51.4 Å². The minimum atomic E-state index is 0.424. The van der Waals surface area contributed by atoms with Crippen molar-refractivity contribution in [1.29, 1.82) is 0 Å². The SMILES string of the molecule is Cc1cccc(-c2cnc(N)c3nc(-c4cnn(C5CCNCC5)c4)cn23)c1. The summed E-state index contributed by atoms with van der Waals surface area (Å²) in [4.78, 5) is 9.12. The van der Waals surface area contributed by atoms with Gasteiger partial charge in [-0.2, -0.15) is 5.10 Å². The maximum Gasteiger partial charge on any atom is 0.180 e. The van der Waals surface area contributed by atoms with Crippen LogP contribution in [0.3, 0.4) is 0 Å². The number of hydrogen-bond donors (Lipinski definition) is 2. The van der Waals surface area contributed by atoms with Gasteiger partial charge in [0.1, 0.15) is 0 Å². The fourth-order valence-electron chi connectivity index (χ4n) is 3.89. The van der Waals surface area contributed by atoms with Gasteiger partial charge in [0.2, 0.25) is 0 Å². The highest BCUT2D eigenvalue weighted by atomic mass is 15.3.